The van der Waals surface area contributed by atoms with Gasteiger partial charge in [0.25, 0.3) is 5.91 Å². The second kappa shape index (κ2) is 7.97. The molecule has 1 atom stereocenters. The number of nitrogens with zero attached hydrogens (tertiary/aromatic N) is 2. The maximum absolute atomic E-state index is 13.0. The number of fused-ring (bicyclic) bond motifs is 2. The molecule has 0 fully saturated rings. The number of sulfone groups is 1. The smallest absolute Gasteiger partial charge is 0.404 e. The standard InChI is InChI=1S/C22H23F3N4O4S/c1-20(2)19(26)29-21(12-34(20,31)32)9-3-4-13-5-6-14(10-16(13)21)28-18(30)17-8-7-15(11-27-17)33-22(23,24)25/h5-8,10-11H,3-4,9,12H2,1-2H3,(H2,26,29)(H,28,30). The summed E-state index contributed by atoms with van der Waals surface area (Å²) in [5, 5.41) is 2.65. The quantitative estimate of drug-likeness (QED) is 0.672. The lowest BCUT2D eigenvalue weighted by Gasteiger charge is -2.43. The van der Waals surface area contributed by atoms with Crippen LogP contribution in [-0.4, -0.2) is 42.0 Å². The van der Waals surface area contributed by atoms with E-state index in [0.717, 1.165) is 36.7 Å². The maximum atomic E-state index is 13.0. The summed E-state index contributed by atoms with van der Waals surface area (Å²) < 4.78 is 65.5. The minimum atomic E-state index is -4.86. The first kappa shape index (κ1) is 24.0. The minimum absolute atomic E-state index is 0.0476. The summed E-state index contributed by atoms with van der Waals surface area (Å²) in [6.07, 6.45) is -2.10. The molecule has 2 heterocycles. The predicted molar refractivity (Wildman–Crippen MR) is 119 cm³/mol. The number of alkyl halides is 3. The first-order valence-corrected chi connectivity index (χ1v) is 12.1. The molecule has 1 aliphatic heterocycles. The van der Waals surface area contributed by atoms with Gasteiger partial charge < -0.3 is 15.8 Å². The summed E-state index contributed by atoms with van der Waals surface area (Å²) in [4.78, 5) is 21.0. The van der Waals surface area contributed by atoms with Gasteiger partial charge in [-0.05, 0) is 68.5 Å². The molecule has 34 heavy (non-hydrogen) atoms. The lowest BCUT2D eigenvalue weighted by molar-refractivity contribution is -0.274. The van der Waals surface area contributed by atoms with Crippen LogP contribution in [0.1, 0.15) is 48.3 Å². The van der Waals surface area contributed by atoms with E-state index in [1.807, 2.05) is 0 Å². The number of benzene rings is 1. The molecule has 182 valence electrons. The van der Waals surface area contributed by atoms with Crippen LogP contribution in [0.5, 0.6) is 5.75 Å². The van der Waals surface area contributed by atoms with Gasteiger partial charge in [0.15, 0.2) is 9.84 Å². The van der Waals surface area contributed by atoms with Crippen molar-refractivity contribution in [3.8, 4) is 5.75 Å². The molecule has 1 spiro atoms. The van der Waals surface area contributed by atoms with Crippen LogP contribution in [0.4, 0.5) is 18.9 Å². The molecule has 1 unspecified atom stereocenters. The molecular formula is C22H23F3N4O4S. The highest BCUT2D eigenvalue weighted by Crippen LogP contribution is 2.45. The summed E-state index contributed by atoms with van der Waals surface area (Å²) in [5.41, 5.74) is 6.92. The van der Waals surface area contributed by atoms with Gasteiger partial charge in [-0.25, -0.2) is 13.4 Å². The van der Waals surface area contributed by atoms with Gasteiger partial charge in [0.2, 0.25) is 0 Å². The number of hydrogen-bond donors (Lipinski definition) is 2. The van der Waals surface area contributed by atoms with Crippen molar-refractivity contribution < 1.29 is 31.1 Å². The molecule has 3 N–H and O–H groups in total. The number of carbonyl (C=O) groups is 1. The lowest BCUT2D eigenvalue weighted by atomic mass is 9.77. The fraction of sp³-hybridized carbons (Fsp3) is 0.409. The largest absolute Gasteiger partial charge is 0.573 e. The van der Waals surface area contributed by atoms with Gasteiger partial charge in [0, 0.05) is 5.69 Å². The van der Waals surface area contributed by atoms with E-state index in [4.69, 9.17) is 5.73 Å². The number of aliphatic imine (C=N–C) groups is 1. The molecule has 12 heteroatoms. The van der Waals surface area contributed by atoms with Crippen LogP contribution < -0.4 is 15.8 Å². The number of halogens is 3. The first-order valence-electron chi connectivity index (χ1n) is 10.5. The van der Waals surface area contributed by atoms with E-state index in [1.165, 1.54) is 13.8 Å². The number of nitrogens with two attached hydrogens (primary N) is 1. The Balaban J connectivity index is 1.63. The average molecular weight is 497 g/mol. The van der Waals surface area contributed by atoms with Crippen LogP contribution in [-0.2, 0) is 21.8 Å². The molecule has 0 radical (unpaired) electrons. The third kappa shape index (κ3) is 4.33. The third-order valence-electron chi connectivity index (χ3n) is 6.27. The fourth-order valence-corrected chi connectivity index (χ4v) is 5.95. The Morgan fingerprint density at radius 1 is 1.21 bits per heavy atom. The Kier molecular flexibility index (Phi) is 5.62. The van der Waals surface area contributed by atoms with Gasteiger partial charge >= 0.3 is 6.36 Å². The van der Waals surface area contributed by atoms with E-state index < -0.39 is 38.1 Å². The maximum Gasteiger partial charge on any atom is 0.573 e. The van der Waals surface area contributed by atoms with Gasteiger partial charge in [-0.2, -0.15) is 0 Å². The Labute approximate surface area is 194 Å². The van der Waals surface area contributed by atoms with Gasteiger partial charge in [0.05, 0.1) is 11.9 Å². The van der Waals surface area contributed by atoms with Crippen molar-refractivity contribution in [2.75, 3.05) is 11.1 Å². The van der Waals surface area contributed by atoms with Gasteiger partial charge in [0.1, 0.15) is 27.6 Å². The molecule has 4 rings (SSSR count). The fourth-order valence-electron chi connectivity index (χ4n) is 4.23. The van der Waals surface area contributed by atoms with E-state index in [-0.39, 0.29) is 17.3 Å². The molecule has 2 aliphatic rings. The number of rotatable bonds is 3. The van der Waals surface area contributed by atoms with E-state index >= 15 is 0 Å². The first-order chi connectivity index (χ1) is 15.7. The summed E-state index contributed by atoms with van der Waals surface area (Å²) in [6.45, 7) is 3.07. The second-order valence-electron chi connectivity index (χ2n) is 8.90. The van der Waals surface area contributed by atoms with Crippen LogP contribution in [0.15, 0.2) is 41.5 Å². The molecule has 0 bridgehead atoms. The molecule has 1 aromatic carbocycles. The summed E-state index contributed by atoms with van der Waals surface area (Å²) in [5.74, 6) is -1.34. The number of aromatic nitrogens is 1. The molecule has 0 saturated carbocycles. The number of hydrogen-bond acceptors (Lipinski definition) is 7. The van der Waals surface area contributed by atoms with Gasteiger partial charge in [-0.15, -0.1) is 13.2 Å². The highest BCUT2D eigenvalue weighted by molar-refractivity contribution is 7.93. The zero-order valence-electron chi connectivity index (χ0n) is 18.4. The topological polar surface area (TPSA) is 124 Å². The predicted octanol–water partition coefficient (Wildman–Crippen LogP) is 3.33. The number of carbonyl (C=O) groups excluding carboxylic acids is 1. The minimum Gasteiger partial charge on any atom is -0.404 e. The Hall–Kier alpha value is -3.15. The van der Waals surface area contributed by atoms with Crippen LogP contribution in [0.3, 0.4) is 0 Å². The van der Waals surface area contributed by atoms with Gasteiger partial charge in [-0.3, -0.25) is 9.79 Å². The van der Waals surface area contributed by atoms with Gasteiger partial charge in [-0.1, -0.05) is 6.07 Å². The average Bonchev–Trinajstić information content (AvgIpc) is 2.72. The molecule has 1 amide bonds. The van der Waals surface area contributed by atoms with Crippen molar-refractivity contribution >= 4 is 27.3 Å². The number of amidine groups is 1. The molecule has 2 aromatic rings. The summed E-state index contributed by atoms with van der Waals surface area (Å²) in [6, 6.07) is 7.25. The van der Waals surface area contributed by atoms with Crippen molar-refractivity contribution in [1.29, 1.82) is 0 Å². The van der Waals surface area contributed by atoms with E-state index in [0.29, 0.717) is 17.7 Å². The normalized spacial score (nSPS) is 23.0. The van der Waals surface area contributed by atoms with Crippen LogP contribution in [0, 0.1) is 0 Å². The highest BCUT2D eigenvalue weighted by atomic mass is 32.2. The highest BCUT2D eigenvalue weighted by Gasteiger charge is 2.51. The Morgan fingerprint density at radius 3 is 2.56 bits per heavy atom. The van der Waals surface area contributed by atoms with Crippen LogP contribution in [0.25, 0.3) is 0 Å². The van der Waals surface area contributed by atoms with Crippen molar-refractivity contribution in [1.82, 2.24) is 4.98 Å². The molecule has 8 nitrogen and oxygen atoms in total. The number of pyridine rings is 1. The summed E-state index contributed by atoms with van der Waals surface area (Å²) in [7, 11) is -3.60. The lowest BCUT2D eigenvalue weighted by Crippen LogP contribution is -2.56. The number of ether oxygens (including phenoxy) is 1. The Bertz CT molecular complexity index is 1270. The number of anilines is 1. The third-order valence-corrected chi connectivity index (χ3v) is 8.89. The number of aryl methyl sites for hydroxylation is 1. The van der Waals surface area contributed by atoms with Crippen molar-refractivity contribution in [3.05, 3.63) is 53.3 Å². The molecule has 0 saturated heterocycles. The van der Waals surface area contributed by atoms with E-state index in [9.17, 15) is 26.4 Å². The van der Waals surface area contributed by atoms with Crippen molar-refractivity contribution in [3.63, 3.8) is 0 Å². The van der Waals surface area contributed by atoms with E-state index in [2.05, 4.69) is 20.0 Å². The number of nitrogens with one attached hydrogen (secondary N) is 1. The monoisotopic (exact) mass is 496 g/mol. The van der Waals surface area contributed by atoms with Crippen LogP contribution >= 0.6 is 0 Å². The van der Waals surface area contributed by atoms with Crippen molar-refractivity contribution in [2.45, 2.75) is 49.8 Å². The van der Waals surface area contributed by atoms with Crippen LogP contribution in [0.2, 0.25) is 0 Å². The molecule has 1 aliphatic carbocycles. The number of amides is 1. The SMILES string of the molecule is CC1(C)C(N)=NC2(CCCc3ccc(NC(=O)c4ccc(OC(F)(F)F)cn4)cc32)CS1(=O)=O. The summed E-state index contributed by atoms with van der Waals surface area (Å²) >= 11 is 0. The zero-order valence-corrected chi connectivity index (χ0v) is 19.3. The Morgan fingerprint density at radius 2 is 1.94 bits per heavy atom. The van der Waals surface area contributed by atoms with Crippen molar-refractivity contribution in [2.24, 2.45) is 10.7 Å². The van der Waals surface area contributed by atoms with E-state index in [1.54, 1.807) is 18.2 Å². The second-order valence-corrected chi connectivity index (χ2v) is 11.4. The molecular weight excluding hydrogens is 473 g/mol. The zero-order chi connectivity index (χ0) is 24.9. The molecule has 1 aromatic heterocycles.